The lowest BCUT2D eigenvalue weighted by molar-refractivity contribution is 0.279. The molecule has 22 heavy (non-hydrogen) atoms. The highest BCUT2D eigenvalue weighted by atomic mass is 14.8. The van der Waals surface area contributed by atoms with Gasteiger partial charge in [0, 0.05) is 18.0 Å². The van der Waals surface area contributed by atoms with Gasteiger partial charge in [0.15, 0.2) is 0 Å². The standard InChI is InChI=1S/C20H28N2/c1-19(2,3)14-18(22)20(15-21,16-10-6-4-7-11-16)17-12-8-5-9-13-17/h4-13,18H,14-15,21-22H2,1-3H3. The summed E-state index contributed by atoms with van der Waals surface area (Å²) in [5.41, 5.74) is 15.2. The molecule has 0 aromatic heterocycles. The second-order valence-electron chi connectivity index (χ2n) is 7.28. The third-order valence-corrected chi connectivity index (χ3v) is 4.37. The highest BCUT2D eigenvalue weighted by Crippen LogP contribution is 2.38. The molecular weight excluding hydrogens is 268 g/mol. The Hall–Kier alpha value is -1.64. The molecule has 2 nitrogen and oxygen atoms in total. The maximum Gasteiger partial charge on any atom is 0.0475 e. The zero-order valence-corrected chi connectivity index (χ0v) is 13.9. The van der Waals surface area contributed by atoms with Crippen LogP contribution in [0.15, 0.2) is 60.7 Å². The van der Waals surface area contributed by atoms with Crippen LogP contribution < -0.4 is 11.5 Å². The monoisotopic (exact) mass is 296 g/mol. The van der Waals surface area contributed by atoms with E-state index in [1.54, 1.807) is 0 Å². The predicted molar refractivity (Wildman–Crippen MR) is 94.8 cm³/mol. The summed E-state index contributed by atoms with van der Waals surface area (Å²) in [5.74, 6) is 0. The molecule has 0 aliphatic rings. The number of hydrogen-bond donors (Lipinski definition) is 2. The van der Waals surface area contributed by atoms with Crippen molar-refractivity contribution in [1.82, 2.24) is 0 Å². The molecule has 0 radical (unpaired) electrons. The SMILES string of the molecule is CC(C)(C)CC(N)C(CN)(c1ccccc1)c1ccccc1. The van der Waals surface area contributed by atoms with E-state index in [1.165, 1.54) is 11.1 Å². The summed E-state index contributed by atoms with van der Waals surface area (Å²) < 4.78 is 0. The molecule has 0 amide bonds. The fourth-order valence-corrected chi connectivity index (χ4v) is 3.29. The summed E-state index contributed by atoms with van der Waals surface area (Å²) in [6, 6.07) is 20.8. The van der Waals surface area contributed by atoms with E-state index in [-0.39, 0.29) is 16.9 Å². The summed E-state index contributed by atoms with van der Waals surface area (Å²) in [5, 5.41) is 0. The predicted octanol–water partition coefficient (Wildman–Crippen LogP) is 3.69. The maximum absolute atomic E-state index is 6.73. The van der Waals surface area contributed by atoms with E-state index in [1.807, 2.05) is 12.1 Å². The van der Waals surface area contributed by atoms with E-state index in [9.17, 15) is 0 Å². The van der Waals surface area contributed by atoms with E-state index in [4.69, 9.17) is 11.5 Å². The van der Waals surface area contributed by atoms with Gasteiger partial charge in [0.25, 0.3) is 0 Å². The van der Waals surface area contributed by atoms with E-state index in [0.29, 0.717) is 6.54 Å². The summed E-state index contributed by atoms with van der Waals surface area (Å²) >= 11 is 0. The van der Waals surface area contributed by atoms with Crippen LogP contribution in [0.4, 0.5) is 0 Å². The Bertz CT molecular complexity index is 530. The Morgan fingerprint density at radius 2 is 1.23 bits per heavy atom. The molecule has 0 heterocycles. The van der Waals surface area contributed by atoms with E-state index >= 15 is 0 Å². The maximum atomic E-state index is 6.73. The Balaban J connectivity index is 2.58. The minimum atomic E-state index is -0.351. The lowest BCUT2D eigenvalue weighted by Crippen LogP contribution is -2.52. The molecule has 0 bridgehead atoms. The van der Waals surface area contributed by atoms with Gasteiger partial charge in [0.1, 0.15) is 0 Å². The number of benzene rings is 2. The zero-order valence-electron chi connectivity index (χ0n) is 13.9. The van der Waals surface area contributed by atoms with Crippen LogP contribution in [0.2, 0.25) is 0 Å². The summed E-state index contributed by atoms with van der Waals surface area (Å²) in [6.45, 7) is 7.18. The van der Waals surface area contributed by atoms with Gasteiger partial charge < -0.3 is 11.5 Å². The van der Waals surface area contributed by atoms with Crippen LogP contribution in [0.1, 0.15) is 38.3 Å². The fourth-order valence-electron chi connectivity index (χ4n) is 3.29. The number of hydrogen-bond acceptors (Lipinski definition) is 2. The highest BCUT2D eigenvalue weighted by Gasteiger charge is 2.40. The second-order valence-corrected chi connectivity index (χ2v) is 7.28. The molecular formula is C20H28N2. The molecule has 0 saturated heterocycles. The molecule has 0 spiro atoms. The van der Waals surface area contributed by atoms with Crippen molar-refractivity contribution in [2.75, 3.05) is 6.54 Å². The first-order valence-electron chi connectivity index (χ1n) is 7.97. The van der Waals surface area contributed by atoms with Crippen molar-refractivity contribution in [3.8, 4) is 0 Å². The van der Waals surface area contributed by atoms with E-state index in [0.717, 1.165) is 6.42 Å². The molecule has 0 saturated carbocycles. The van der Waals surface area contributed by atoms with Gasteiger partial charge in [-0.1, -0.05) is 81.4 Å². The van der Waals surface area contributed by atoms with Gasteiger partial charge in [-0.05, 0) is 23.0 Å². The van der Waals surface area contributed by atoms with Crippen LogP contribution in [-0.4, -0.2) is 12.6 Å². The summed E-state index contributed by atoms with van der Waals surface area (Å²) in [4.78, 5) is 0. The van der Waals surface area contributed by atoms with Crippen molar-refractivity contribution in [2.24, 2.45) is 16.9 Å². The van der Waals surface area contributed by atoms with Crippen molar-refractivity contribution >= 4 is 0 Å². The first kappa shape index (κ1) is 16.7. The fraction of sp³-hybridized carbons (Fsp3) is 0.400. The molecule has 1 unspecified atom stereocenters. The van der Waals surface area contributed by atoms with Gasteiger partial charge in [-0.15, -0.1) is 0 Å². The van der Waals surface area contributed by atoms with Crippen molar-refractivity contribution in [2.45, 2.75) is 38.6 Å². The Kier molecular flexibility index (Phi) is 5.05. The van der Waals surface area contributed by atoms with Gasteiger partial charge in [-0.2, -0.15) is 0 Å². The second kappa shape index (κ2) is 6.64. The Morgan fingerprint density at radius 1 is 0.818 bits per heavy atom. The molecule has 0 aliphatic heterocycles. The largest absolute Gasteiger partial charge is 0.329 e. The molecule has 2 rings (SSSR count). The van der Waals surface area contributed by atoms with Crippen molar-refractivity contribution in [3.05, 3.63) is 71.8 Å². The minimum Gasteiger partial charge on any atom is -0.329 e. The quantitative estimate of drug-likeness (QED) is 0.884. The lowest BCUT2D eigenvalue weighted by Gasteiger charge is -2.41. The highest BCUT2D eigenvalue weighted by molar-refractivity contribution is 5.42. The molecule has 2 heteroatoms. The molecule has 0 aliphatic carbocycles. The molecule has 0 fully saturated rings. The summed E-state index contributed by atoms with van der Waals surface area (Å²) in [7, 11) is 0. The van der Waals surface area contributed by atoms with Crippen molar-refractivity contribution < 1.29 is 0 Å². The normalized spacial score (nSPS) is 13.9. The van der Waals surface area contributed by atoms with Crippen LogP contribution in [0.25, 0.3) is 0 Å². The molecule has 1 atom stereocenters. The third-order valence-electron chi connectivity index (χ3n) is 4.37. The third kappa shape index (κ3) is 3.40. The zero-order chi connectivity index (χ0) is 16.2. The molecule has 4 N–H and O–H groups in total. The van der Waals surface area contributed by atoms with E-state index in [2.05, 4.69) is 69.3 Å². The topological polar surface area (TPSA) is 52.0 Å². The first-order chi connectivity index (χ1) is 10.4. The molecule has 2 aromatic carbocycles. The van der Waals surface area contributed by atoms with E-state index < -0.39 is 0 Å². The minimum absolute atomic E-state index is 0.0395. The summed E-state index contributed by atoms with van der Waals surface area (Å²) in [6.07, 6.45) is 0.911. The number of nitrogens with two attached hydrogens (primary N) is 2. The van der Waals surface area contributed by atoms with Crippen LogP contribution in [0.5, 0.6) is 0 Å². The molecule has 118 valence electrons. The number of rotatable bonds is 5. The molecule has 2 aromatic rings. The average Bonchev–Trinajstić information content (AvgIpc) is 2.49. The lowest BCUT2D eigenvalue weighted by atomic mass is 9.66. The van der Waals surface area contributed by atoms with Gasteiger partial charge in [-0.25, -0.2) is 0 Å². The van der Waals surface area contributed by atoms with Crippen molar-refractivity contribution in [1.29, 1.82) is 0 Å². The van der Waals surface area contributed by atoms with Crippen LogP contribution in [0.3, 0.4) is 0 Å². The smallest absolute Gasteiger partial charge is 0.0475 e. The Morgan fingerprint density at radius 3 is 1.55 bits per heavy atom. The van der Waals surface area contributed by atoms with Gasteiger partial charge in [-0.3, -0.25) is 0 Å². The van der Waals surface area contributed by atoms with Gasteiger partial charge in [0.2, 0.25) is 0 Å². The van der Waals surface area contributed by atoms with Crippen LogP contribution in [0, 0.1) is 5.41 Å². The Labute approximate surface area is 134 Å². The van der Waals surface area contributed by atoms with Gasteiger partial charge in [0.05, 0.1) is 0 Å². The van der Waals surface area contributed by atoms with Crippen LogP contribution >= 0.6 is 0 Å². The van der Waals surface area contributed by atoms with Gasteiger partial charge >= 0.3 is 0 Å². The van der Waals surface area contributed by atoms with Crippen LogP contribution in [-0.2, 0) is 5.41 Å². The van der Waals surface area contributed by atoms with Crippen molar-refractivity contribution in [3.63, 3.8) is 0 Å². The first-order valence-corrected chi connectivity index (χ1v) is 7.97. The average molecular weight is 296 g/mol.